The highest BCUT2D eigenvalue weighted by Gasteiger charge is 2.27. The summed E-state index contributed by atoms with van der Waals surface area (Å²) in [5.41, 5.74) is 0.929. The van der Waals surface area contributed by atoms with Gasteiger partial charge in [0.15, 0.2) is 0 Å². The molecule has 1 amide bonds. The summed E-state index contributed by atoms with van der Waals surface area (Å²) < 4.78 is 26.9. The summed E-state index contributed by atoms with van der Waals surface area (Å²) in [6, 6.07) is 11.2. The molecular weight excluding hydrogens is 370 g/mol. The van der Waals surface area contributed by atoms with Crippen LogP contribution in [0.5, 0.6) is 0 Å². The minimum atomic E-state index is -3.82. The maximum Gasteiger partial charge on any atom is 0.269 e. The Morgan fingerprint density at radius 3 is 2.41 bits per heavy atom. The molecule has 144 valence electrons. The van der Waals surface area contributed by atoms with Gasteiger partial charge in [0.1, 0.15) is 0 Å². The number of non-ortho nitro benzene ring substituents is 1. The second-order valence-corrected chi connectivity index (χ2v) is 7.97. The fourth-order valence-corrected chi connectivity index (χ4v) is 3.79. The van der Waals surface area contributed by atoms with Crippen LogP contribution in [0.1, 0.15) is 31.9 Å². The maximum absolute atomic E-state index is 12.9. The highest BCUT2D eigenvalue weighted by Crippen LogP contribution is 2.28. The Balaban J connectivity index is 2.26. The Hall–Kier alpha value is -2.78. The SMILES string of the molecule is CCC(=O)Nc1ccc(S(=O)(=O)N(C)C(C)c2cccc([N+](=O)[O-])c2)cc1. The fourth-order valence-electron chi connectivity index (χ4n) is 2.44. The van der Waals surface area contributed by atoms with Gasteiger partial charge in [0.05, 0.1) is 9.82 Å². The van der Waals surface area contributed by atoms with Gasteiger partial charge < -0.3 is 5.32 Å². The number of hydrogen-bond donors (Lipinski definition) is 1. The summed E-state index contributed by atoms with van der Waals surface area (Å²) in [4.78, 5) is 21.9. The van der Waals surface area contributed by atoms with Crippen LogP contribution in [0.3, 0.4) is 0 Å². The molecule has 1 unspecified atom stereocenters. The van der Waals surface area contributed by atoms with Crippen LogP contribution in [0.4, 0.5) is 11.4 Å². The normalized spacial score (nSPS) is 12.6. The molecule has 0 bridgehead atoms. The zero-order valence-electron chi connectivity index (χ0n) is 15.2. The molecule has 0 heterocycles. The molecule has 0 aromatic heterocycles. The average Bonchev–Trinajstić information content (AvgIpc) is 2.67. The summed E-state index contributed by atoms with van der Waals surface area (Å²) in [6.45, 7) is 3.38. The lowest BCUT2D eigenvalue weighted by Crippen LogP contribution is -2.29. The summed E-state index contributed by atoms with van der Waals surface area (Å²) in [7, 11) is -2.40. The molecule has 2 aromatic carbocycles. The van der Waals surface area contributed by atoms with E-state index in [4.69, 9.17) is 0 Å². The highest BCUT2D eigenvalue weighted by atomic mass is 32.2. The first-order chi connectivity index (χ1) is 12.7. The van der Waals surface area contributed by atoms with Crippen molar-refractivity contribution in [1.29, 1.82) is 0 Å². The number of hydrogen-bond acceptors (Lipinski definition) is 5. The molecule has 2 rings (SSSR count). The van der Waals surface area contributed by atoms with Crippen LogP contribution in [-0.2, 0) is 14.8 Å². The third kappa shape index (κ3) is 4.69. The molecule has 0 aliphatic rings. The predicted octanol–water partition coefficient (Wildman–Crippen LogP) is 3.33. The van der Waals surface area contributed by atoms with Crippen molar-refractivity contribution in [1.82, 2.24) is 4.31 Å². The van der Waals surface area contributed by atoms with Crippen LogP contribution in [0, 0.1) is 10.1 Å². The number of anilines is 1. The van der Waals surface area contributed by atoms with Crippen molar-refractivity contribution in [3.05, 3.63) is 64.2 Å². The molecule has 9 heteroatoms. The van der Waals surface area contributed by atoms with Crippen molar-refractivity contribution >= 4 is 27.3 Å². The predicted molar refractivity (Wildman–Crippen MR) is 102 cm³/mol. The maximum atomic E-state index is 12.9. The number of carbonyl (C=O) groups excluding carboxylic acids is 1. The molecule has 0 fully saturated rings. The van der Waals surface area contributed by atoms with Crippen molar-refractivity contribution < 1.29 is 18.1 Å². The van der Waals surface area contributed by atoms with Crippen LogP contribution >= 0.6 is 0 Å². The minimum absolute atomic E-state index is 0.0665. The Labute approximate surface area is 158 Å². The van der Waals surface area contributed by atoms with Crippen LogP contribution in [0.15, 0.2) is 53.4 Å². The Bertz CT molecular complexity index is 942. The molecule has 0 aliphatic heterocycles. The molecule has 0 saturated carbocycles. The van der Waals surface area contributed by atoms with Crippen molar-refractivity contribution in [3.63, 3.8) is 0 Å². The zero-order chi connectivity index (χ0) is 20.2. The topological polar surface area (TPSA) is 110 Å². The van der Waals surface area contributed by atoms with E-state index < -0.39 is 21.0 Å². The summed E-state index contributed by atoms with van der Waals surface area (Å²) in [5, 5.41) is 13.6. The number of nitrogens with zero attached hydrogens (tertiary/aromatic N) is 2. The monoisotopic (exact) mass is 391 g/mol. The van der Waals surface area contributed by atoms with Crippen molar-refractivity contribution in [2.75, 3.05) is 12.4 Å². The van der Waals surface area contributed by atoms with Gasteiger partial charge in [-0.1, -0.05) is 19.1 Å². The molecule has 1 N–H and O–H groups in total. The van der Waals surface area contributed by atoms with Gasteiger partial charge in [-0.15, -0.1) is 0 Å². The summed E-state index contributed by atoms with van der Waals surface area (Å²) in [5.74, 6) is -0.165. The largest absolute Gasteiger partial charge is 0.326 e. The molecule has 1 atom stereocenters. The van der Waals surface area contributed by atoms with E-state index in [9.17, 15) is 23.3 Å². The second-order valence-electron chi connectivity index (χ2n) is 5.98. The van der Waals surface area contributed by atoms with Crippen LogP contribution in [-0.4, -0.2) is 30.6 Å². The number of nitro benzene ring substituents is 1. The number of nitro groups is 1. The van der Waals surface area contributed by atoms with E-state index in [-0.39, 0.29) is 16.5 Å². The molecule has 0 saturated heterocycles. The molecule has 0 spiro atoms. The third-order valence-electron chi connectivity index (χ3n) is 4.25. The molecule has 0 aliphatic carbocycles. The van der Waals surface area contributed by atoms with E-state index in [0.717, 1.165) is 4.31 Å². The van der Waals surface area contributed by atoms with Gasteiger partial charge in [0.2, 0.25) is 15.9 Å². The fraction of sp³-hybridized carbons (Fsp3) is 0.278. The van der Waals surface area contributed by atoms with Crippen LogP contribution in [0.2, 0.25) is 0 Å². The highest BCUT2D eigenvalue weighted by molar-refractivity contribution is 7.89. The lowest BCUT2D eigenvalue weighted by molar-refractivity contribution is -0.384. The van der Waals surface area contributed by atoms with Crippen LogP contribution < -0.4 is 5.32 Å². The first kappa shape index (κ1) is 20.5. The summed E-state index contributed by atoms with van der Waals surface area (Å²) >= 11 is 0. The number of sulfonamides is 1. The number of nitrogens with one attached hydrogen (secondary N) is 1. The molecule has 0 radical (unpaired) electrons. The Kier molecular flexibility index (Phi) is 6.29. The standard InChI is InChI=1S/C18H21N3O5S/c1-4-18(22)19-15-8-10-17(11-9-15)27(25,26)20(3)13(2)14-6-5-7-16(12-14)21(23)24/h5-13H,4H2,1-3H3,(H,19,22). The van der Waals surface area contributed by atoms with Gasteiger partial charge >= 0.3 is 0 Å². The number of benzene rings is 2. The first-order valence-electron chi connectivity index (χ1n) is 8.29. The van der Waals surface area contributed by atoms with Gasteiger partial charge in [-0.25, -0.2) is 8.42 Å². The van der Waals surface area contributed by atoms with Crippen molar-refractivity contribution in [2.45, 2.75) is 31.2 Å². The van der Waals surface area contributed by atoms with Gasteiger partial charge in [-0.05, 0) is 36.8 Å². The van der Waals surface area contributed by atoms with E-state index >= 15 is 0 Å². The smallest absolute Gasteiger partial charge is 0.269 e. The van der Waals surface area contributed by atoms with E-state index in [1.54, 1.807) is 19.9 Å². The quantitative estimate of drug-likeness (QED) is 0.575. The van der Waals surface area contributed by atoms with E-state index in [1.807, 2.05) is 0 Å². The van der Waals surface area contributed by atoms with Crippen molar-refractivity contribution in [3.8, 4) is 0 Å². The second kappa shape index (κ2) is 8.28. The number of rotatable bonds is 7. The van der Waals surface area contributed by atoms with Gasteiger partial charge in [-0.3, -0.25) is 14.9 Å². The van der Waals surface area contributed by atoms with Crippen molar-refractivity contribution in [2.24, 2.45) is 0 Å². The molecular formula is C18H21N3O5S. The third-order valence-corrected chi connectivity index (χ3v) is 6.19. The zero-order valence-corrected chi connectivity index (χ0v) is 16.1. The lowest BCUT2D eigenvalue weighted by atomic mass is 10.1. The van der Waals surface area contributed by atoms with Crippen LogP contribution in [0.25, 0.3) is 0 Å². The van der Waals surface area contributed by atoms with E-state index in [1.165, 1.54) is 49.5 Å². The number of amides is 1. The van der Waals surface area contributed by atoms with Gasteiger partial charge in [0, 0.05) is 37.3 Å². The first-order valence-corrected chi connectivity index (χ1v) is 9.73. The summed E-state index contributed by atoms with van der Waals surface area (Å²) in [6.07, 6.45) is 0.323. The van der Waals surface area contributed by atoms with Gasteiger partial charge in [-0.2, -0.15) is 4.31 Å². The molecule has 8 nitrogen and oxygen atoms in total. The Morgan fingerprint density at radius 1 is 1.22 bits per heavy atom. The number of carbonyl (C=O) groups is 1. The minimum Gasteiger partial charge on any atom is -0.326 e. The van der Waals surface area contributed by atoms with E-state index in [2.05, 4.69) is 5.32 Å². The molecule has 2 aromatic rings. The lowest BCUT2D eigenvalue weighted by Gasteiger charge is -2.24. The van der Waals surface area contributed by atoms with Gasteiger partial charge in [0.25, 0.3) is 5.69 Å². The Morgan fingerprint density at radius 2 is 1.85 bits per heavy atom. The molecule has 27 heavy (non-hydrogen) atoms. The average molecular weight is 391 g/mol. The van der Waals surface area contributed by atoms with E-state index in [0.29, 0.717) is 17.7 Å².